The van der Waals surface area contributed by atoms with Crippen LogP contribution in [0.5, 0.6) is 0 Å². The first-order chi connectivity index (χ1) is 19.9. The Labute approximate surface area is 236 Å². The van der Waals surface area contributed by atoms with E-state index in [2.05, 4.69) is 45.7 Å². The second-order valence-electron chi connectivity index (χ2n) is 10.3. The van der Waals surface area contributed by atoms with Crippen LogP contribution in [0.4, 0.5) is 15.9 Å². The average Bonchev–Trinajstić information content (AvgIpc) is 3.44. The van der Waals surface area contributed by atoms with Gasteiger partial charge in [-0.05, 0) is 66.6 Å². The minimum absolute atomic E-state index is 0.162. The fourth-order valence-corrected chi connectivity index (χ4v) is 5.47. The van der Waals surface area contributed by atoms with Crippen LogP contribution in [0.1, 0.15) is 57.5 Å². The van der Waals surface area contributed by atoms with Gasteiger partial charge in [-0.3, -0.25) is 4.79 Å². The molecule has 3 heterocycles. The minimum Gasteiger partial charge on any atom is -0.462 e. The van der Waals surface area contributed by atoms with Gasteiger partial charge in [0.1, 0.15) is 22.8 Å². The molecule has 0 spiro atoms. The maximum atomic E-state index is 14.8. The van der Waals surface area contributed by atoms with E-state index in [1.165, 1.54) is 39.3 Å². The Balaban J connectivity index is 1.30. The number of benzene rings is 3. The molecule has 1 saturated heterocycles. The van der Waals surface area contributed by atoms with E-state index in [0.29, 0.717) is 19.0 Å². The van der Waals surface area contributed by atoms with Crippen molar-refractivity contribution in [3.05, 3.63) is 101 Å². The summed E-state index contributed by atoms with van der Waals surface area (Å²) in [6.45, 7) is 4.90. The second kappa shape index (κ2) is 11.0. The standard InChI is InChI=1S/C32H30FN5O3/c1-3-41-32(40)26-19-35-38-29(26)34-18-25(30(38)36-28-16-20(2)8-11-27(28)33)31(39)37-14-12-22(13-15-37)24-10-9-21-6-4-5-7-23(21)17-24/h4-11,16-19,22,36H,3,12-15H2,1-2H3. The van der Waals surface area contributed by atoms with E-state index < -0.39 is 11.8 Å². The summed E-state index contributed by atoms with van der Waals surface area (Å²) in [4.78, 5) is 32.6. The smallest absolute Gasteiger partial charge is 0.343 e. The predicted molar refractivity (Wildman–Crippen MR) is 155 cm³/mol. The predicted octanol–water partition coefficient (Wildman–Crippen LogP) is 6.27. The van der Waals surface area contributed by atoms with E-state index in [1.54, 1.807) is 24.0 Å². The number of nitrogens with zero attached hydrogens (tertiary/aromatic N) is 4. The molecule has 0 aliphatic carbocycles. The molecule has 8 nitrogen and oxygen atoms in total. The zero-order valence-electron chi connectivity index (χ0n) is 22.9. The van der Waals surface area contributed by atoms with Crippen molar-refractivity contribution in [2.24, 2.45) is 0 Å². The van der Waals surface area contributed by atoms with Crippen molar-refractivity contribution in [2.75, 3.05) is 25.0 Å². The third-order valence-electron chi connectivity index (χ3n) is 7.65. The van der Waals surface area contributed by atoms with E-state index in [1.807, 2.05) is 19.1 Å². The van der Waals surface area contributed by atoms with Crippen LogP contribution in [0.2, 0.25) is 0 Å². The molecular formula is C32H30FN5O3. The summed E-state index contributed by atoms with van der Waals surface area (Å²) >= 11 is 0. The first kappa shape index (κ1) is 26.4. The number of aryl methyl sites for hydroxylation is 1. The lowest BCUT2D eigenvalue weighted by Crippen LogP contribution is -2.38. The van der Waals surface area contributed by atoms with Crippen molar-refractivity contribution >= 4 is 39.8 Å². The van der Waals surface area contributed by atoms with Crippen molar-refractivity contribution in [1.82, 2.24) is 19.5 Å². The SMILES string of the molecule is CCOC(=O)c1cnn2c(Nc3cc(C)ccc3F)c(C(=O)N3CCC(c4ccc5ccccc5c4)CC3)cnc12. The molecule has 208 valence electrons. The number of fused-ring (bicyclic) bond motifs is 2. The number of carbonyl (C=O) groups is 2. The normalized spacial score (nSPS) is 14.0. The summed E-state index contributed by atoms with van der Waals surface area (Å²) in [5.41, 5.74) is 2.92. The van der Waals surface area contributed by atoms with E-state index in [9.17, 15) is 14.0 Å². The Morgan fingerprint density at radius 2 is 1.78 bits per heavy atom. The van der Waals surface area contributed by atoms with Gasteiger partial charge in [0.25, 0.3) is 5.91 Å². The van der Waals surface area contributed by atoms with Crippen molar-refractivity contribution in [3.8, 4) is 0 Å². The van der Waals surface area contributed by atoms with Gasteiger partial charge in [0.15, 0.2) is 5.65 Å². The summed E-state index contributed by atoms with van der Waals surface area (Å²) in [5.74, 6) is -0.705. The van der Waals surface area contributed by atoms with Gasteiger partial charge in [0.2, 0.25) is 0 Å². The van der Waals surface area contributed by atoms with Crippen LogP contribution in [-0.2, 0) is 4.74 Å². The number of piperidine rings is 1. The lowest BCUT2D eigenvalue weighted by Gasteiger charge is -2.32. The van der Waals surface area contributed by atoms with Crippen LogP contribution in [-0.4, -0.2) is 51.1 Å². The third kappa shape index (κ3) is 5.11. The number of hydrogen-bond donors (Lipinski definition) is 1. The number of carbonyl (C=O) groups excluding carboxylic acids is 2. The van der Waals surface area contributed by atoms with E-state index >= 15 is 0 Å². The Bertz CT molecular complexity index is 1770. The molecule has 1 aliphatic heterocycles. The quantitative estimate of drug-likeness (QED) is 0.250. The van der Waals surface area contributed by atoms with Gasteiger partial charge in [-0.15, -0.1) is 0 Å². The molecular weight excluding hydrogens is 521 g/mol. The molecule has 2 aromatic heterocycles. The largest absolute Gasteiger partial charge is 0.462 e. The van der Waals surface area contributed by atoms with E-state index in [4.69, 9.17) is 4.74 Å². The number of rotatable bonds is 6. The minimum atomic E-state index is -0.572. The van der Waals surface area contributed by atoms with Crippen LogP contribution >= 0.6 is 0 Å². The number of aromatic nitrogens is 3. The average molecular weight is 552 g/mol. The summed E-state index contributed by atoms with van der Waals surface area (Å²) < 4.78 is 21.3. The monoisotopic (exact) mass is 551 g/mol. The molecule has 0 atom stereocenters. The maximum absolute atomic E-state index is 14.8. The number of amides is 1. The van der Waals surface area contributed by atoms with Gasteiger partial charge in [0.05, 0.1) is 18.5 Å². The molecule has 0 saturated carbocycles. The summed E-state index contributed by atoms with van der Waals surface area (Å²) in [7, 11) is 0. The number of nitrogens with one attached hydrogen (secondary N) is 1. The van der Waals surface area contributed by atoms with Crippen LogP contribution in [0.25, 0.3) is 16.4 Å². The first-order valence-corrected chi connectivity index (χ1v) is 13.8. The van der Waals surface area contributed by atoms with Gasteiger partial charge in [-0.25, -0.2) is 14.2 Å². The fraction of sp³-hybridized carbons (Fsp3) is 0.250. The van der Waals surface area contributed by atoms with Gasteiger partial charge in [0, 0.05) is 19.3 Å². The van der Waals surface area contributed by atoms with Gasteiger partial charge in [-0.2, -0.15) is 9.61 Å². The molecule has 5 aromatic rings. The summed E-state index contributed by atoms with van der Waals surface area (Å²) in [5, 5.41) is 9.82. The summed E-state index contributed by atoms with van der Waals surface area (Å²) in [6, 6.07) is 19.6. The first-order valence-electron chi connectivity index (χ1n) is 13.8. The molecule has 0 bridgehead atoms. The molecule has 41 heavy (non-hydrogen) atoms. The second-order valence-corrected chi connectivity index (χ2v) is 10.3. The highest BCUT2D eigenvalue weighted by Crippen LogP contribution is 2.32. The summed E-state index contributed by atoms with van der Waals surface area (Å²) in [6.07, 6.45) is 4.42. The lowest BCUT2D eigenvalue weighted by atomic mass is 9.88. The van der Waals surface area contributed by atoms with Gasteiger partial charge >= 0.3 is 5.97 Å². The number of anilines is 2. The zero-order chi connectivity index (χ0) is 28.5. The molecule has 3 aromatic carbocycles. The fourth-order valence-electron chi connectivity index (χ4n) is 5.47. The Kier molecular flexibility index (Phi) is 7.09. The topological polar surface area (TPSA) is 88.8 Å². The van der Waals surface area contributed by atoms with E-state index in [-0.39, 0.29) is 40.8 Å². The molecule has 1 N–H and O–H groups in total. The molecule has 1 fully saturated rings. The van der Waals surface area contributed by atoms with E-state index in [0.717, 1.165) is 18.4 Å². The highest BCUT2D eigenvalue weighted by molar-refractivity contribution is 6.01. The third-order valence-corrected chi connectivity index (χ3v) is 7.65. The van der Waals surface area contributed by atoms with Crippen molar-refractivity contribution in [3.63, 3.8) is 0 Å². The highest BCUT2D eigenvalue weighted by atomic mass is 19.1. The number of esters is 1. The lowest BCUT2D eigenvalue weighted by molar-refractivity contribution is 0.0528. The number of likely N-dealkylation sites (tertiary alicyclic amines) is 1. The van der Waals surface area contributed by atoms with Crippen LogP contribution in [0.15, 0.2) is 73.1 Å². The van der Waals surface area contributed by atoms with Crippen molar-refractivity contribution in [1.29, 1.82) is 0 Å². The van der Waals surface area contributed by atoms with Gasteiger partial charge < -0.3 is 15.0 Å². The molecule has 1 aliphatic rings. The Morgan fingerprint density at radius 1 is 1.00 bits per heavy atom. The number of hydrogen-bond acceptors (Lipinski definition) is 6. The van der Waals surface area contributed by atoms with Crippen molar-refractivity contribution in [2.45, 2.75) is 32.6 Å². The van der Waals surface area contributed by atoms with Crippen LogP contribution in [0.3, 0.4) is 0 Å². The highest BCUT2D eigenvalue weighted by Gasteiger charge is 2.29. The maximum Gasteiger partial charge on any atom is 0.343 e. The molecule has 0 unspecified atom stereocenters. The molecule has 0 radical (unpaired) electrons. The number of halogens is 1. The molecule has 9 heteroatoms. The number of ether oxygens (including phenoxy) is 1. The Morgan fingerprint density at radius 3 is 2.56 bits per heavy atom. The molecule has 1 amide bonds. The molecule has 6 rings (SSSR count). The van der Waals surface area contributed by atoms with Crippen LogP contribution in [0, 0.1) is 12.7 Å². The van der Waals surface area contributed by atoms with Crippen LogP contribution < -0.4 is 5.32 Å². The zero-order valence-corrected chi connectivity index (χ0v) is 22.9. The Hall–Kier alpha value is -4.79. The van der Waals surface area contributed by atoms with Crippen molar-refractivity contribution < 1.29 is 18.7 Å². The van der Waals surface area contributed by atoms with Gasteiger partial charge in [-0.1, -0.05) is 48.5 Å².